The third-order valence-corrected chi connectivity index (χ3v) is 31.9. The first-order valence-electron chi connectivity index (χ1n) is 29.8. The van der Waals surface area contributed by atoms with Crippen LogP contribution in [0.2, 0.25) is 13.3 Å². The average molecular weight is 1490 g/mol. The van der Waals surface area contributed by atoms with Gasteiger partial charge in [0.1, 0.15) is 53.8 Å². The summed E-state index contributed by atoms with van der Waals surface area (Å²) in [4.78, 5) is 66.4. The summed E-state index contributed by atoms with van der Waals surface area (Å²) in [5, 5.41) is 9.45. The van der Waals surface area contributed by atoms with E-state index in [1.54, 1.807) is 90.4 Å². The van der Waals surface area contributed by atoms with Gasteiger partial charge in [-0.15, -0.1) is 0 Å². The number of nitriles is 1. The largest absolute Gasteiger partial charge is 0.485 e. The molecule has 0 saturated heterocycles. The average Bonchev–Trinajstić information content (AvgIpc) is 0.788. The van der Waals surface area contributed by atoms with Crippen molar-refractivity contribution >= 4 is 60.5 Å². The van der Waals surface area contributed by atoms with Gasteiger partial charge in [-0.3, -0.25) is 38.7 Å². The molecule has 0 unspecified atom stereocenters. The third-order valence-electron chi connectivity index (χ3n) is 15.8. The summed E-state index contributed by atoms with van der Waals surface area (Å²) in [7, 11) is 0. The van der Waals surface area contributed by atoms with Crippen LogP contribution >= 0.6 is 38.5 Å². The Morgan fingerprint density at radius 3 is 1.33 bits per heavy atom. The predicted octanol–water partition coefficient (Wildman–Crippen LogP) is 14.6. The third kappa shape index (κ3) is 13.4. The molecule has 0 spiro atoms. The van der Waals surface area contributed by atoms with E-state index in [1.807, 2.05) is 53.2 Å². The zero-order valence-electron chi connectivity index (χ0n) is 50.1. The van der Waals surface area contributed by atoms with Crippen molar-refractivity contribution in [3.8, 4) is 85.3 Å². The molecule has 458 valence electrons. The second kappa shape index (κ2) is 30.0. The molecular weight excluding hydrogens is 1430 g/mol. The molecule has 0 saturated carbocycles. The van der Waals surface area contributed by atoms with E-state index in [0.717, 1.165) is 66.8 Å². The van der Waals surface area contributed by atoms with Crippen LogP contribution in [-0.2, 0) is 19.8 Å². The number of hydrogen-bond donors (Lipinski definition) is 0. The molecule has 13 rings (SSSR count). The fraction of sp³-hybridized carbons (Fsp3) is 0.246. The molecule has 0 amide bonds. The maximum Gasteiger partial charge on any atom is 0.269 e. The summed E-state index contributed by atoms with van der Waals surface area (Å²) in [6.07, 6.45) is 22.2. The second-order valence-electron chi connectivity index (χ2n) is 21.4. The van der Waals surface area contributed by atoms with Gasteiger partial charge in [0.25, 0.3) is 11.1 Å². The van der Waals surface area contributed by atoms with Crippen molar-refractivity contribution in [3.05, 3.63) is 229 Å². The maximum atomic E-state index is 14.8. The Balaban J connectivity index is 0.000000148. The van der Waals surface area contributed by atoms with Gasteiger partial charge in [-0.25, -0.2) is 8.78 Å². The molecule has 16 nitrogen and oxygen atoms in total. The maximum absolute atomic E-state index is 14.8. The minimum absolute atomic E-state index is 0.0647. The Kier molecular flexibility index (Phi) is 21.6. The molecule has 3 aliphatic heterocycles. The van der Waals surface area contributed by atoms with Crippen LogP contribution < -0.4 is 34.5 Å². The number of aromatic nitrogens is 9. The zero-order chi connectivity index (χ0) is 63.3. The molecular formula is C69H64BrF2IN10O6Sn. The molecule has 10 aromatic rings. The van der Waals surface area contributed by atoms with E-state index < -0.39 is 46.7 Å². The Morgan fingerprint density at radius 2 is 0.922 bits per heavy atom. The number of hydrogen-bond acceptors (Lipinski definition) is 13. The van der Waals surface area contributed by atoms with Gasteiger partial charge < -0.3 is 9.47 Å². The molecule has 3 aliphatic rings. The van der Waals surface area contributed by atoms with Crippen LogP contribution in [0.25, 0.3) is 62.0 Å². The summed E-state index contributed by atoms with van der Waals surface area (Å²) in [5.74, 6) is 0.233. The number of alkyl halides is 1. The molecule has 1 aromatic carbocycles. The van der Waals surface area contributed by atoms with Gasteiger partial charge in [0.15, 0.2) is 0 Å². The van der Waals surface area contributed by atoms with Crippen molar-refractivity contribution in [3.63, 3.8) is 0 Å². The van der Waals surface area contributed by atoms with Crippen LogP contribution in [0.4, 0.5) is 8.78 Å². The second-order valence-corrected chi connectivity index (χ2v) is 36.9. The smallest absolute Gasteiger partial charge is 0.269 e. The fourth-order valence-corrected chi connectivity index (χ4v) is 28.2. The number of pyridine rings is 9. The van der Waals surface area contributed by atoms with Crippen LogP contribution in [0.15, 0.2) is 178 Å². The Labute approximate surface area is 545 Å². The first kappa shape index (κ1) is 64.7. The molecule has 0 aliphatic carbocycles. The molecule has 0 N–H and O–H groups in total. The van der Waals surface area contributed by atoms with E-state index >= 15 is 0 Å². The van der Waals surface area contributed by atoms with Crippen molar-refractivity contribution in [1.82, 2.24) is 43.6 Å². The van der Waals surface area contributed by atoms with Crippen molar-refractivity contribution < 1.29 is 23.0 Å². The van der Waals surface area contributed by atoms with Gasteiger partial charge in [0, 0.05) is 41.5 Å². The van der Waals surface area contributed by atoms with E-state index in [9.17, 15) is 28.4 Å². The summed E-state index contributed by atoms with van der Waals surface area (Å²) >= 11 is 2.61. The molecule has 12 heterocycles. The van der Waals surface area contributed by atoms with E-state index in [2.05, 4.69) is 97.2 Å². The van der Waals surface area contributed by atoms with Gasteiger partial charge >= 0.3 is 208 Å². The van der Waals surface area contributed by atoms with Crippen LogP contribution in [0.1, 0.15) is 88.9 Å². The van der Waals surface area contributed by atoms with Crippen LogP contribution in [-0.4, -0.2) is 66.4 Å². The van der Waals surface area contributed by atoms with Crippen molar-refractivity contribution in [2.24, 2.45) is 0 Å². The number of unbranched alkanes of at least 4 members (excludes halogenated alkanes) is 3. The minimum atomic E-state index is -3.03. The number of nitrogens with zero attached hydrogens (tertiary/aromatic N) is 10. The van der Waals surface area contributed by atoms with Crippen molar-refractivity contribution in [2.75, 3.05) is 4.43 Å². The van der Waals surface area contributed by atoms with E-state index in [1.165, 1.54) is 73.1 Å². The molecule has 21 heteroatoms. The van der Waals surface area contributed by atoms with E-state index in [4.69, 9.17) is 19.2 Å². The van der Waals surface area contributed by atoms with Crippen LogP contribution in [0.5, 0.6) is 17.2 Å². The topological polar surface area (TPSA) is 195 Å². The molecule has 0 bridgehead atoms. The van der Waals surface area contributed by atoms with Crippen LogP contribution in [0, 0.1) is 23.0 Å². The van der Waals surface area contributed by atoms with Crippen molar-refractivity contribution in [2.45, 2.75) is 99.4 Å². The van der Waals surface area contributed by atoms with E-state index in [-0.39, 0.29) is 23.3 Å². The number of rotatable bonds is 14. The first-order chi connectivity index (χ1) is 43.9. The SMILES string of the molecule is CCC[CH2][Sn]([CH2]CCC)([CH2]CCC)[c]1cc2c(n(-c3cccnc3)c1=O)COc1cccnc1-2.CCI.N#Cc1c(F)ccc(F)c1-c1cc2c(n(-c3cccnc3)c1=O)COc1cccnc1-2.O=c1c(Br)cc2c(n1-c1cccnc1)COc1cccnc1-2. The van der Waals surface area contributed by atoms with Gasteiger partial charge in [0.2, 0.25) is 0 Å². The zero-order valence-corrected chi connectivity index (χ0v) is 56.7. The van der Waals surface area contributed by atoms with Crippen molar-refractivity contribution in [1.29, 1.82) is 5.26 Å². The molecule has 0 radical (unpaired) electrons. The number of benzene rings is 1. The summed E-state index contributed by atoms with van der Waals surface area (Å²) in [5.41, 5.74) is 6.90. The normalized spacial score (nSPS) is 12.0. The van der Waals surface area contributed by atoms with E-state index in [0.29, 0.717) is 51.8 Å². The summed E-state index contributed by atoms with van der Waals surface area (Å²) < 4.78 is 58.1. The van der Waals surface area contributed by atoms with Gasteiger partial charge in [-0.2, -0.15) is 5.26 Å². The molecule has 0 atom stereocenters. The fourth-order valence-electron chi connectivity index (χ4n) is 11.6. The first-order valence-corrected chi connectivity index (χ1v) is 39.6. The monoisotopic (exact) mass is 1490 g/mol. The van der Waals surface area contributed by atoms with Gasteiger partial charge in [0.05, 0.1) is 50.8 Å². The number of ether oxygens (including phenoxy) is 3. The summed E-state index contributed by atoms with van der Waals surface area (Å²) in [6.45, 7) is 9.67. The molecule has 0 fully saturated rings. The summed E-state index contributed by atoms with van der Waals surface area (Å²) in [6, 6.07) is 30.8. The Morgan fingerprint density at radius 1 is 0.533 bits per heavy atom. The predicted molar refractivity (Wildman–Crippen MR) is 359 cm³/mol. The van der Waals surface area contributed by atoms with Gasteiger partial charge in [-0.1, -0.05) is 29.5 Å². The Hall–Kier alpha value is -8.27. The number of halogens is 4. The standard InChI is InChI=1S/C23H12F2N4O2.C16H10BrN3O2.C16H10N3O2.3C4H9.C2H5I.Sn/c24-17-5-6-18(25)21(16(17)10-26)15-9-14-19(12-31-20-4-2-8-28-22(14)20)29(23(15)30)13-3-1-7-27-11-13;17-12-7-11-13(9-22-14-4-2-6-19-15(11)14)20(16(12)21)10-3-1-5-18-8-10;20-15-6-5-12-13(19(15)11-3-1-7-17-9-11)10-21-14-4-2-8-18-16(12)14;3*1-3-4-2;1-2-3;/h1-9,11H,12H2;1-8H,9H2;1-5,7-9H,10H2;3*1,3-4H2,2H3;2H2,1H3;. The van der Waals surface area contributed by atoms with Gasteiger partial charge in [-0.05, 0) is 93.2 Å². The number of fused-ring (bicyclic) bond motifs is 9. The Bertz CT molecular complexity index is 4420. The quantitative estimate of drug-likeness (QED) is 0.0567. The van der Waals surface area contributed by atoms with Crippen LogP contribution in [0.3, 0.4) is 0 Å². The minimum Gasteiger partial charge on any atom is -0.485 e. The molecule has 90 heavy (non-hydrogen) atoms. The molecule has 9 aromatic heterocycles.